The highest BCUT2D eigenvalue weighted by Gasteiger charge is 2.22. The number of nitrogens with zero attached hydrogens (tertiary/aromatic N) is 2. The molecule has 0 radical (unpaired) electrons. The van der Waals surface area contributed by atoms with Crippen molar-refractivity contribution in [1.82, 2.24) is 10.2 Å². The zero-order chi connectivity index (χ0) is 13.8. The van der Waals surface area contributed by atoms with Crippen LogP contribution >= 0.6 is 0 Å². The van der Waals surface area contributed by atoms with E-state index in [9.17, 15) is 4.39 Å². The first kappa shape index (κ1) is 14.0. The molecule has 2 atom stereocenters. The van der Waals surface area contributed by atoms with Crippen molar-refractivity contribution in [2.24, 2.45) is 0 Å². The van der Waals surface area contributed by atoms with Gasteiger partial charge in [0.1, 0.15) is 5.82 Å². The number of piperidine rings is 1. The lowest BCUT2D eigenvalue weighted by Gasteiger charge is -2.35. The highest BCUT2D eigenvalue weighted by molar-refractivity contribution is 5.33. The van der Waals surface area contributed by atoms with E-state index in [2.05, 4.69) is 24.2 Å². The summed E-state index contributed by atoms with van der Waals surface area (Å²) < 4.78 is 13.6. The van der Waals surface area contributed by atoms with Crippen LogP contribution in [-0.4, -0.2) is 30.6 Å². The van der Waals surface area contributed by atoms with Gasteiger partial charge in [0, 0.05) is 24.2 Å². The maximum atomic E-state index is 13.6. The lowest BCUT2D eigenvalue weighted by molar-refractivity contribution is 0.168. The molecule has 1 fully saturated rings. The van der Waals surface area contributed by atoms with E-state index in [1.807, 2.05) is 6.07 Å². The molecule has 0 aromatic heterocycles. The van der Waals surface area contributed by atoms with E-state index in [0.717, 1.165) is 19.4 Å². The highest BCUT2D eigenvalue weighted by atomic mass is 19.1. The zero-order valence-corrected chi connectivity index (χ0v) is 11.5. The lowest BCUT2D eigenvalue weighted by Crippen LogP contribution is -2.45. The molecule has 2 rings (SSSR count). The van der Waals surface area contributed by atoms with Crippen LogP contribution in [0.3, 0.4) is 0 Å². The van der Waals surface area contributed by atoms with Crippen molar-refractivity contribution < 1.29 is 4.39 Å². The Hall–Kier alpha value is -1.44. The number of benzene rings is 1. The Morgan fingerprint density at radius 3 is 3.00 bits per heavy atom. The van der Waals surface area contributed by atoms with E-state index in [0.29, 0.717) is 29.8 Å². The second-order valence-electron chi connectivity index (χ2n) is 5.35. The summed E-state index contributed by atoms with van der Waals surface area (Å²) in [5.74, 6) is -0.243. The van der Waals surface area contributed by atoms with Gasteiger partial charge < -0.3 is 10.2 Å². The minimum Gasteiger partial charge on any atom is -0.310 e. The molecule has 0 saturated carbocycles. The fourth-order valence-corrected chi connectivity index (χ4v) is 2.51. The lowest BCUT2D eigenvalue weighted by atomic mass is 9.98. The summed E-state index contributed by atoms with van der Waals surface area (Å²) in [7, 11) is 2.14. The second-order valence-corrected chi connectivity index (χ2v) is 5.35. The number of nitrogens with one attached hydrogen (secondary N) is 1. The van der Waals surface area contributed by atoms with Crippen molar-refractivity contribution in [3.05, 3.63) is 35.1 Å². The van der Waals surface area contributed by atoms with Crippen LogP contribution in [0.2, 0.25) is 0 Å². The van der Waals surface area contributed by atoms with Crippen LogP contribution in [0.1, 0.15) is 30.9 Å². The Balaban J connectivity index is 1.94. The summed E-state index contributed by atoms with van der Waals surface area (Å²) in [6.45, 7) is 3.77. The van der Waals surface area contributed by atoms with Crippen LogP contribution in [0.15, 0.2) is 18.2 Å². The molecule has 102 valence electrons. The van der Waals surface area contributed by atoms with E-state index in [4.69, 9.17) is 5.26 Å². The van der Waals surface area contributed by atoms with Gasteiger partial charge in [-0.3, -0.25) is 0 Å². The van der Waals surface area contributed by atoms with Crippen molar-refractivity contribution in [2.45, 2.75) is 38.4 Å². The Labute approximate surface area is 114 Å². The van der Waals surface area contributed by atoms with Gasteiger partial charge >= 0.3 is 0 Å². The maximum absolute atomic E-state index is 13.6. The molecule has 4 heteroatoms. The standard InChI is InChI=1S/C15H20FN3/c1-11-7-14(5-6-19(11)2)18-10-13-8-12(9-17)3-4-15(13)16/h3-4,8,11,14,18H,5-7,10H2,1-2H3. The predicted molar refractivity (Wildman–Crippen MR) is 73.1 cm³/mol. The molecule has 2 unspecified atom stereocenters. The molecule has 1 saturated heterocycles. The van der Waals surface area contributed by atoms with Gasteiger partial charge in [0.05, 0.1) is 11.6 Å². The molecule has 0 amide bonds. The molecule has 0 bridgehead atoms. The molecule has 0 spiro atoms. The van der Waals surface area contributed by atoms with Gasteiger partial charge in [0.15, 0.2) is 0 Å². The van der Waals surface area contributed by atoms with Gasteiger partial charge in [-0.05, 0) is 51.6 Å². The summed E-state index contributed by atoms with van der Waals surface area (Å²) in [6.07, 6.45) is 2.16. The largest absolute Gasteiger partial charge is 0.310 e. The normalized spacial score (nSPS) is 24.1. The van der Waals surface area contributed by atoms with Gasteiger partial charge in [0.25, 0.3) is 0 Å². The van der Waals surface area contributed by atoms with E-state index in [1.165, 1.54) is 12.1 Å². The molecule has 19 heavy (non-hydrogen) atoms. The molecule has 1 aromatic rings. The molecule has 1 heterocycles. The first-order chi connectivity index (χ1) is 9.10. The third-order valence-corrected chi connectivity index (χ3v) is 3.96. The van der Waals surface area contributed by atoms with Crippen LogP contribution in [-0.2, 0) is 6.54 Å². The van der Waals surface area contributed by atoms with Crippen molar-refractivity contribution in [2.75, 3.05) is 13.6 Å². The Morgan fingerprint density at radius 2 is 2.32 bits per heavy atom. The third-order valence-electron chi connectivity index (χ3n) is 3.96. The minimum atomic E-state index is -0.243. The molecule has 1 aliphatic rings. The third kappa shape index (κ3) is 3.52. The molecular formula is C15H20FN3. The van der Waals surface area contributed by atoms with Crippen LogP contribution in [0.4, 0.5) is 4.39 Å². The van der Waals surface area contributed by atoms with Gasteiger partial charge in [-0.25, -0.2) is 4.39 Å². The molecule has 0 aliphatic carbocycles. The fourth-order valence-electron chi connectivity index (χ4n) is 2.51. The van der Waals surface area contributed by atoms with Gasteiger partial charge in [-0.15, -0.1) is 0 Å². The monoisotopic (exact) mass is 261 g/mol. The number of hydrogen-bond acceptors (Lipinski definition) is 3. The molecule has 1 aromatic carbocycles. The van der Waals surface area contributed by atoms with Crippen LogP contribution in [0.5, 0.6) is 0 Å². The summed E-state index contributed by atoms with van der Waals surface area (Å²) in [5.41, 5.74) is 1.08. The smallest absolute Gasteiger partial charge is 0.127 e. The predicted octanol–water partition coefficient (Wildman–Crippen LogP) is 2.27. The average molecular weight is 261 g/mol. The Morgan fingerprint density at radius 1 is 1.53 bits per heavy atom. The van der Waals surface area contributed by atoms with Gasteiger partial charge in [0.2, 0.25) is 0 Å². The van der Waals surface area contributed by atoms with Crippen molar-refractivity contribution in [1.29, 1.82) is 5.26 Å². The number of hydrogen-bond donors (Lipinski definition) is 1. The highest BCUT2D eigenvalue weighted by Crippen LogP contribution is 2.16. The van der Waals surface area contributed by atoms with Crippen LogP contribution in [0.25, 0.3) is 0 Å². The van der Waals surface area contributed by atoms with Crippen LogP contribution in [0, 0.1) is 17.1 Å². The zero-order valence-electron chi connectivity index (χ0n) is 11.5. The first-order valence-corrected chi connectivity index (χ1v) is 6.72. The number of likely N-dealkylation sites (tertiary alicyclic amines) is 1. The minimum absolute atomic E-state index is 0.243. The van der Waals surface area contributed by atoms with E-state index in [1.54, 1.807) is 6.07 Å². The topological polar surface area (TPSA) is 39.1 Å². The maximum Gasteiger partial charge on any atom is 0.127 e. The van der Waals surface area contributed by atoms with E-state index in [-0.39, 0.29) is 5.82 Å². The SMILES string of the molecule is CC1CC(NCc2cc(C#N)ccc2F)CCN1C. The quantitative estimate of drug-likeness (QED) is 0.907. The second kappa shape index (κ2) is 6.14. The fraction of sp³-hybridized carbons (Fsp3) is 0.533. The molecule has 1 N–H and O–H groups in total. The number of halogens is 1. The van der Waals surface area contributed by atoms with Crippen LogP contribution < -0.4 is 5.32 Å². The van der Waals surface area contributed by atoms with E-state index >= 15 is 0 Å². The Bertz CT molecular complexity index is 481. The van der Waals surface area contributed by atoms with E-state index < -0.39 is 0 Å². The van der Waals surface area contributed by atoms with Crippen molar-refractivity contribution >= 4 is 0 Å². The summed E-state index contributed by atoms with van der Waals surface area (Å²) >= 11 is 0. The summed E-state index contributed by atoms with van der Waals surface area (Å²) in [5, 5.41) is 12.2. The molecule has 3 nitrogen and oxygen atoms in total. The Kier molecular flexibility index (Phi) is 4.52. The average Bonchev–Trinajstić information content (AvgIpc) is 2.41. The molecule has 1 aliphatic heterocycles. The molecular weight excluding hydrogens is 241 g/mol. The number of rotatable bonds is 3. The summed E-state index contributed by atoms with van der Waals surface area (Å²) in [4.78, 5) is 2.34. The first-order valence-electron chi connectivity index (χ1n) is 6.72. The van der Waals surface area contributed by atoms with Crippen molar-refractivity contribution in [3.8, 4) is 6.07 Å². The summed E-state index contributed by atoms with van der Waals surface area (Å²) in [6, 6.07) is 7.53. The van der Waals surface area contributed by atoms with Crippen molar-refractivity contribution in [3.63, 3.8) is 0 Å². The van der Waals surface area contributed by atoms with Gasteiger partial charge in [-0.2, -0.15) is 5.26 Å². The number of nitriles is 1. The van der Waals surface area contributed by atoms with Gasteiger partial charge in [-0.1, -0.05) is 0 Å².